The van der Waals surface area contributed by atoms with E-state index in [0.717, 1.165) is 7.11 Å². The fourth-order valence-corrected chi connectivity index (χ4v) is 11.3. The van der Waals surface area contributed by atoms with Crippen LogP contribution in [0.15, 0.2) is 140 Å². The second-order valence-corrected chi connectivity index (χ2v) is 29.6. The number of hydrogen-bond donors (Lipinski definition) is 1. The van der Waals surface area contributed by atoms with Crippen molar-refractivity contribution in [1.82, 2.24) is 28.7 Å². The number of hydrogen-bond acceptors (Lipinski definition) is 21. The maximum atomic E-state index is 12.6. The molecule has 0 saturated heterocycles. The molecule has 0 heterocycles. The summed E-state index contributed by atoms with van der Waals surface area (Å²) in [5, 5.41) is 109. The molecular weight excluding hydrogens is 1700 g/mol. The Morgan fingerprint density at radius 1 is 0.354 bits per heavy atom. The Labute approximate surface area is 667 Å². The topological polar surface area (TPSA) is 308 Å². The third-order valence-electron chi connectivity index (χ3n) is 11.8. The van der Waals surface area contributed by atoms with E-state index in [0.29, 0.717) is 0 Å². The molecule has 6 aromatic rings. The molecule has 528 valence electrons. The summed E-state index contributed by atoms with van der Waals surface area (Å²) in [7, 11) is 19.2. The van der Waals surface area contributed by atoms with Crippen molar-refractivity contribution >= 4 is 143 Å². The first kappa shape index (κ1) is 95.8. The SMILES string of the molecule is CO.COc1cccc(/C=N/N(C)P(=S)(N(C)/N=C/c2cccc(OC)c2[O-])N(C)/N=C/c2cccc(OC)c2[O-])c1[O-].COc1cccc(/C=N/N(C)P(=S)(N(C)/N=C/c2cccc(OC)c2[O-])N(C)/N=C/c2cccc(OC)c2[O-])c1[O-].ClC(Cl)Cl.ClC(Cl)Cl.[Cl-].[Co+2].[Co+3].[Eu+2]. The van der Waals surface area contributed by atoms with Crippen LogP contribution in [0.1, 0.15) is 33.4 Å². The average molecular weight is 1770 g/mol. The number of methoxy groups -OCH3 is 6. The molecule has 0 aliphatic carbocycles. The summed E-state index contributed by atoms with van der Waals surface area (Å²) in [6.45, 7) is -6.33. The average Bonchev–Trinajstić information content (AvgIpc) is 0.879. The molecule has 25 nitrogen and oxygen atoms in total. The van der Waals surface area contributed by atoms with Crippen molar-refractivity contribution in [1.29, 1.82) is 0 Å². The van der Waals surface area contributed by atoms with E-state index in [1.807, 2.05) is 0 Å². The number of benzene rings is 6. The van der Waals surface area contributed by atoms with Crippen LogP contribution in [-0.4, -0.2) is 172 Å². The predicted molar refractivity (Wildman–Crippen MR) is 366 cm³/mol. The molecule has 0 amide bonds. The van der Waals surface area contributed by atoms with Crippen LogP contribution < -0.4 is 71.5 Å². The van der Waals surface area contributed by atoms with Crippen molar-refractivity contribution in [2.75, 3.05) is 92.1 Å². The van der Waals surface area contributed by atoms with Crippen LogP contribution in [0.25, 0.3) is 0 Å². The third kappa shape index (κ3) is 28.3. The summed E-state index contributed by atoms with van der Waals surface area (Å²) in [6.07, 6.45) is 8.23. The second kappa shape index (κ2) is 49.2. The summed E-state index contributed by atoms with van der Waals surface area (Å²) < 4.78 is 37.9. The predicted octanol–water partition coefficient (Wildman–Crippen LogP) is 5.29. The van der Waals surface area contributed by atoms with Gasteiger partial charge in [-0.1, -0.05) is 177 Å². The molecule has 0 bridgehead atoms. The standard InChI is InChI=1S/2C27H33N6O6PS.2CHCl3.CH4O.ClH.2Co.Eu/c2*1-31(28-16-19-10-7-13-22(37-4)25(19)34)40(41,32(2)29-17-20-11-8-14-23(38-5)26(20)35)33(3)30-18-21-12-9-15-24(39-6)27(21)36;2*2-1(3)4;1-2;;;;/h2*7-18,34-36H,1-6H3;2*1H;2H,1H3;1H;;;/q;;;;;;+2;+3;+2/p-7/b2*28-16+,29-17+,30-18+;;;;;;;. The van der Waals surface area contributed by atoms with Gasteiger partial charge < -0.3 is 76.6 Å². The van der Waals surface area contributed by atoms with Gasteiger partial charge in [0.1, 0.15) is 34.5 Å². The first-order valence-corrected chi connectivity index (χ1v) is 33.8. The van der Waals surface area contributed by atoms with Crippen LogP contribution in [-0.2, 0) is 57.2 Å². The normalized spacial score (nSPS) is 10.9. The van der Waals surface area contributed by atoms with E-state index in [1.54, 1.807) is 151 Å². The number of rotatable bonds is 24. The summed E-state index contributed by atoms with van der Waals surface area (Å²) >= 11 is 41.0. The van der Waals surface area contributed by atoms with Gasteiger partial charge in [0.25, 0.3) is 13.0 Å². The first-order valence-electron chi connectivity index (χ1n) is 25.8. The molecule has 2 radical (unpaired) electrons. The van der Waals surface area contributed by atoms with E-state index in [2.05, 4.69) is 30.6 Å². The van der Waals surface area contributed by atoms with Crippen LogP contribution in [0, 0.1) is 49.4 Å². The zero-order valence-corrected chi connectivity index (χ0v) is 66.3. The number of para-hydroxylation sites is 6. The minimum Gasteiger partial charge on any atom is -1.00 e. The van der Waals surface area contributed by atoms with Crippen LogP contribution in [0.3, 0.4) is 0 Å². The molecule has 0 aliphatic heterocycles. The Morgan fingerprint density at radius 2 is 0.469 bits per heavy atom. The molecule has 6 aromatic carbocycles. The number of alkyl halides is 6. The molecule has 0 spiro atoms. The summed E-state index contributed by atoms with van der Waals surface area (Å²) in [5.74, 6) is -0.927. The summed E-state index contributed by atoms with van der Waals surface area (Å²) in [4.78, 5) is 0. The minimum atomic E-state index is -3.17. The van der Waals surface area contributed by atoms with Gasteiger partial charge in [-0.2, -0.15) is 30.6 Å². The van der Waals surface area contributed by atoms with Crippen molar-refractivity contribution in [3.05, 3.63) is 143 Å². The fourth-order valence-electron chi connectivity index (χ4n) is 7.17. The fraction of sp³-hybridized carbons (Fsp3) is 0.263. The Morgan fingerprint density at radius 3 is 0.573 bits per heavy atom. The number of hydrazone groups is 6. The molecular formula is C57H66Cl7Co2EuN12O13P2S2. The number of halogens is 7. The van der Waals surface area contributed by atoms with Crippen LogP contribution in [0.5, 0.6) is 69.0 Å². The van der Waals surface area contributed by atoms with Crippen molar-refractivity contribution < 1.29 is 160 Å². The summed E-state index contributed by atoms with van der Waals surface area (Å²) in [6, 6.07) is 29.0. The molecule has 39 heteroatoms. The monoisotopic (exact) mass is 1770 g/mol. The van der Waals surface area contributed by atoms with E-state index in [-0.39, 0.29) is 198 Å². The molecule has 96 heavy (non-hydrogen) atoms. The number of ether oxygens (including phenoxy) is 6. The first-order chi connectivity index (χ1) is 43.6. The van der Waals surface area contributed by atoms with Crippen LogP contribution >= 0.6 is 82.6 Å². The van der Waals surface area contributed by atoms with Gasteiger partial charge in [-0.25, -0.2) is 28.7 Å². The van der Waals surface area contributed by atoms with Crippen molar-refractivity contribution in [2.45, 2.75) is 8.59 Å². The van der Waals surface area contributed by atoms with E-state index in [1.165, 1.54) is 109 Å². The van der Waals surface area contributed by atoms with Gasteiger partial charge in [-0.15, -0.1) is 0 Å². The molecule has 0 fully saturated rings. The number of aliphatic hydroxyl groups excluding tert-OH is 1. The van der Waals surface area contributed by atoms with E-state index in [4.69, 9.17) is 127 Å². The van der Waals surface area contributed by atoms with Crippen LogP contribution in [0.2, 0.25) is 0 Å². The van der Waals surface area contributed by atoms with Crippen molar-refractivity contribution in [3.8, 4) is 69.0 Å². The number of nitrogens with zero attached hydrogens (tertiary/aromatic N) is 12. The zero-order chi connectivity index (χ0) is 69.5. The van der Waals surface area contributed by atoms with Gasteiger partial charge in [0.15, 0.2) is 8.59 Å². The molecule has 0 saturated carbocycles. The Balaban J connectivity index is -0.00000152. The molecule has 0 unspecified atom stereocenters. The Bertz CT molecular complexity index is 3030. The van der Waals surface area contributed by atoms with Gasteiger partial charge >= 0.3 is 82.9 Å². The smallest absolute Gasteiger partial charge is 1.00 e. The van der Waals surface area contributed by atoms with E-state index < -0.39 is 21.6 Å². The minimum absolute atomic E-state index is 0. The van der Waals surface area contributed by atoms with Gasteiger partial charge in [-0.3, -0.25) is 0 Å². The van der Waals surface area contributed by atoms with Gasteiger partial charge in [0.2, 0.25) is 0 Å². The maximum absolute atomic E-state index is 12.6. The van der Waals surface area contributed by atoms with Crippen LogP contribution in [0.4, 0.5) is 0 Å². The van der Waals surface area contributed by atoms with Gasteiger partial charge in [-0.05, 0) is 93.4 Å². The van der Waals surface area contributed by atoms with Gasteiger partial charge in [0, 0.05) is 49.4 Å². The Hall–Kier alpha value is -4.37. The molecule has 0 aliphatic rings. The third-order valence-corrected chi connectivity index (χ3v) is 21.2. The quantitative estimate of drug-likeness (QED) is 0.0348. The van der Waals surface area contributed by atoms with Crippen molar-refractivity contribution in [2.24, 2.45) is 30.6 Å². The molecule has 1 N–H and O–H groups in total. The zero-order valence-electron chi connectivity index (χ0n) is 53.1. The maximum Gasteiger partial charge on any atom is 3.00 e. The molecule has 6 rings (SSSR count). The largest absolute Gasteiger partial charge is 3.00 e. The van der Waals surface area contributed by atoms with Crippen molar-refractivity contribution in [3.63, 3.8) is 0 Å². The molecule has 0 atom stereocenters. The molecule has 0 aromatic heterocycles. The second-order valence-electron chi connectivity index (χ2n) is 17.2. The van der Waals surface area contributed by atoms with E-state index >= 15 is 0 Å². The van der Waals surface area contributed by atoms with Gasteiger partial charge in [0.05, 0.1) is 79.9 Å². The summed E-state index contributed by atoms with van der Waals surface area (Å²) in [5.41, 5.74) is 1.72. The van der Waals surface area contributed by atoms with E-state index in [9.17, 15) is 30.6 Å². The number of aliphatic hydroxyl groups is 1. The Kier molecular flexibility index (Phi) is 49.1.